The topological polar surface area (TPSA) is 38.8 Å². The van der Waals surface area contributed by atoms with E-state index in [1.54, 1.807) is 18.4 Å². The SMILES string of the molecule is COc1ccc2cc(C(C)C(=O)N(Cc3cccs3)CC3CCCO3)ccc2c1. The Morgan fingerprint density at radius 3 is 2.79 bits per heavy atom. The molecule has 4 rings (SSSR count). The largest absolute Gasteiger partial charge is 0.497 e. The maximum Gasteiger partial charge on any atom is 0.230 e. The summed E-state index contributed by atoms with van der Waals surface area (Å²) in [6.45, 7) is 4.11. The number of carbonyl (C=O) groups is 1. The van der Waals surface area contributed by atoms with Crippen LogP contribution in [0.3, 0.4) is 0 Å². The molecule has 0 aliphatic carbocycles. The van der Waals surface area contributed by atoms with E-state index in [2.05, 4.69) is 29.6 Å². The first-order chi connectivity index (χ1) is 14.1. The summed E-state index contributed by atoms with van der Waals surface area (Å²) in [5.74, 6) is 0.790. The van der Waals surface area contributed by atoms with Gasteiger partial charge in [0.15, 0.2) is 0 Å². The summed E-state index contributed by atoms with van der Waals surface area (Å²) >= 11 is 1.69. The third kappa shape index (κ3) is 4.62. The summed E-state index contributed by atoms with van der Waals surface area (Å²) in [6.07, 6.45) is 2.26. The van der Waals surface area contributed by atoms with Crippen molar-refractivity contribution in [3.8, 4) is 5.75 Å². The number of benzene rings is 2. The molecule has 4 nitrogen and oxygen atoms in total. The predicted molar refractivity (Wildman–Crippen MR) is 118 cm³/mol. The second-order valence-corrected chi connectivity index (χ2v) is 8.66. The zero-order valence-corrected chi connectivity index (χ0v) is 17.8. The van der Waals surface area contributed by atoms with Crippen molar-refractivity contribution in [1.82, 2.24) is 4.90 Å². The van der Waals surface area contributed by atoms with Crippen molar-refractivity contribution < 1.29 is 14.3 Å². The molecule has 0 spiro atoms. The van der Waals surface area contributed by atoms with Crippen molar-refractivity contribution in [2.75, 3.05) is 20.3 Å². The number of carbonyl (C=O) groups excluding carboxylic acids is 1. The fraction of sp³-hybridized carbons (Fsp3) is 0.375. The van der Waals surface area contributed by atoms with E-state index < -0.39 is 0 Å². The minimum atomic E-state index is -0.206. The highest BCUT2D eigenvalue weighted by Gasteiger charge is 2.27. The number of thiophene rings is 1. The number of methoxy groups -OCH3 is 1. The van der Waals surface area contributed by atoms with Crippen LogP contribution in [-0.4, -0.2) is 37.2 Å². The van der Waals surface area contributed by atoms with E-state index in [0.717, 1.165) is 41.5 Å². The van der Waals surface area contributed by atoms with Gasteiger partial charge in [-0.1, -0.05) is 30.3 Å². The van der Waals surface area contributed by atoms with E-state index in [-0.39, 0.29) is 17.9 Å². The van der Waals surface area contributed by atoms with Crippen molar-refractivity contribution >= 4 is 28.0 Å². The quantitative estimate of drug-likeness (QED) is 0.537. The van der Waals surface area contributed by atoms with Crippen LogP contribution in [0.5, 0.6) is 5.75 Å². The molecule has 1 aliphatic heterocycles. The minimum Gasteiger partial charge on any atom is -0.497 e. The van der Waals surface area contributed by atoms with Crippen molar-refractivity contribution in [3.05, 3.63) is 64.4 Å². The van der Waals surface area contributed by atoms with Gasteiger partial charge in [0.05, 0.1) is 25.7 Å². The Hall–Kier alpha value is -2.37. The van der Waals surface area contributed by atoms with Crippen LogP contribution in [0.25, 0.3) is 10.8 Å². The van der Waals surface area contributed by atoms with Gasteiger partial charge >= 0.3 is 0 Å². The lowest BCUT2D eigenvalue weighted by molar-refractivity contribution is -0.134. The monoisotopic (exact) mass is 409 g/mol. The molecule has 1 aromatic heterocycles. The van der Waals surface area contributed by atoms with Gasteiger partial charge in [0.2, 0.25) is 5.91 Å². The van der Waals surface area contributed by atoms with Crippen LogP contribution in [0.15, 0.2) is 53.9 Å². The Balaban J connectivity index is 1.55. The first kappa shape index (κ1) is 19.9. The lowest BCUT2D eigenvalue weighted by Gasteiger charge is -2.28. The van der Waals surface area contributed by atoms with E-state index >= 15 is 0 Å². The van der Waals surface area contributed by atoms with E-state index in [1.165, 1.54) is 4.88 Å². The lowest BCUT2D eigenvalue weighted by atomic mass is 9.96. The highest BCUT2D eigenvalue weighted by Crippen LogP contribution is 2.27. The standard InChI is InChI=1S/C24H27NO3S/c1-17(18-7-8-20-14-21(27-2)10-9-19(20)13-18)24(26)25(15-22-5-3-11-28-22)16-23-6-4-12-29-23/h4,6-10,12-14,17,22H,3,5,11,15-16H2,1-2H3. The number of amides is 1. The van der Waals surface area contributed by atoms with Crippen LogP contribution in [0, 0.1) is 0 Å². The van der Waals surface area contributed by atoms with Crippen LogP contribution in [-0.2, 0) is 16.1 Å². The third-order valence-electron chi connectivity index (χ3n) is 5.63. The van der Waals surface area contributed by atoms with Gasteiger partial charge in [-0.25, -0.2) is 0 Å². The van der Waals surface area contributed by atoms with Crippen molar-refractivity contribution in [2.45, 2.75) is 38.3 Å². The van der Waals surface area contributed by atoms with Gasteiger partial charge in [0.1, 0.15) is 5.75 Å². The van der Waals surface area contributed by atoms with Crippen molar-refractivity contribution in [1.29, 1.82) is 0 Å². The number of hydrogen-bond acceptors (Lipinski definition) is 4. The number of ether oxygens (including phenoxy) is 2. The Morgan fingerprint density at radius 2 is 2.07 bits per heavy atom. The second-order valence-electron chi connectivity index (χ2n) is 7.63. The minimum absolute atomic E-state index is 0.148. The predicted octanol–water partition coefficient (Wildman–Crippen LogP) is 5.22. The van der Waals surface area contributed by atoms with E-state index in [4.69, 9.17) is 9.47 Å². The zero-order valence-electron chi connectivity index (χ0n) is 17.0. The Labute approximate surface area is 176 Å². The van der Waals surface area contributed by atoms with E-state index in [9.17, 15) is 4.79 Å². The summed E-state index contributed by atoms with van der Waals surface area (Å²) < 4.78 is 11.1. The lowest BCUT2D eigenvalue weighted by Crippen LogP contribution is -2.39. The summed E-state index contributed by atoms with van der Waals surface area (Å²) in [6, 6.07) is 16.4. The number of nitrogens with zero attached hydrogens (tertiary/aromatic N) is 1. The molecular weight excluding hydrogens is 382 g/mol. The van der Waals surface area contributed by atoms with Gasteiger partial charge in [-0.3, -0.25) is 4.79 Å². The molecule has 1 aliphatic rings. The van der Waals surface area contributed by atoms with Crippen molar-refractivity contribution in [3.63, 3.8) is 0 Å². The summed E-state index contributed by atoms with van der Waals surface area (Å²) in [7, 11) is 1.67. The Morgan fingerprint density at radius 1 is 1.24 bits per heavy atom. The van der Waals surface area contributed by atoms with Gasteiger partial charge in [-0.05, 0) is 59.7 Å². The molecule has 3 aromatic rings. The van der Waals surface area contributed by atoms with Gasteiger partial charge in [-0.2, -0.15) is 0 Å². The molecule has 1 fully saturated rings. The summed E-state index contributed by atoms with van der Waals surface area (Å²) in [5.41, 5.74) is 1.04. The summed E-state index contributed by atoms with van der Waals surface area (Å²) in [4.78, 5) is 16.6. The summed E-state index contributed by atoms with van der Waals surface area (Å²) in [5, 5.41) is 4.29. The second kappa shape index (κ2) is 8.97. The number of fused-ring (bicyclic) bond motifs is 1. The maximum absolute atomic E-state index is 13.4. The molecule has 0 saturated carbocycles. The van der Waals surface area contributed by atoms with Gasteiger partial charge in [0.25, 0.3) is 0 Å². The van der Waals surface area contributed by atoms with Crippen LogP contribution in [0.1, 0.15) is 36.1 Å². The first-order valence-corrected chi connectivity index (χ1v) is 11.0. The molecule has 0 radical (unpaired) electrons. The smallest absolute Gasteiger partial charge is 0.230 e. The molecular formula is C24H27NO3S. The molecule has 1 amide bonds. The van der Waals surface area contributed by atoms with Gasteiger partial charge in [-0.15, -0.1) is 11.3 Å². The van der Waals surface area contributed by atoms with E-state index in [0.29, 0.717) is 13.1 Å². The number of hydrogen-bond donors (Lipinski definition) is 0. The molecule has 152 valence electrons. The molecule has 1 saturated heterocycles. The average molecular weight is 410 g/mol. The maximum atomic E-state index is 13.4. The highest BCUT2D eigenvalue weighted by molar-refractivity contribution is 7.09. The Bertz CT molecular complexity index is 963. The van der Waals surface area contributed by atoms with Crippen molar-refractivity contribution in [2.24, 2.45) is 0 Å². The van der Waals surface area contributed by atoms with E-state index in [1.807, 2.05) is 36.1 Å². The van der Waals surface area contributed by atoms with Crippen LogP contribution in [0.2, 0.25) is 0 Å². The van der Waals surface area contributed by atoms with Gasteiger partial charge in [0, 0.05) is 18.0 Å². The molecule has 0 N–H and O–H groups in total. The molecule has 2 aromatic carbocycles. The fourth-order valence-electron chi connectivity index (χ4n) is 3.91. The molecule has 2 heterocycles. The first-order valence-electron chi connectivity index (χ1n) is 10.1. The van der Waals surface area contributed by atoms with Crippen LogP contribution in [0.4, 0.5) is 0 Å². The zero-order chi connectivity index (χ0) is 20.2. The molecule has 2 atom stereocenters. The fourth-order valence-corrected chi connectivity index (χ4v) is 4.63. The van der Waals surface area contributed by atoms with Gasteiger partial charge < -0.3 is 14.4 Å². The number of rotatable bonds is 7. The molecule has 0 bridgehead atoms. The molecule has 29 heavy (non-hydrogen) atoms. The Kier molecular flexibility index (Phi) is 6.16. The molecule has 5 heteroatoms. The molecule has 2 unspecified atom stereocenters. The van der Waals surface area contributed by atoms with Crippen LogP contribution < -0.4 is 4.74 Å². The highest BCUT2D eigenvalue weighted by atomic mass is 32.1. The average Bonchev–Trinajstić information content (AvgIpc) is 3.45. The van der Waals surface area contributed by atoms with Crippen LogP contribution >= 0.6 is 11.3 Å². The normalized spacial score (nSPS) is 17.4. The third-order valence-corrected chi connectivity index (χ3v) is 6.49.